The second kappa shape index (κ2) is 71.2. The second-order valence-electron chi connectivity index (χ2n) is 36.3. The number of ether oxygens (including phenoxy) is 2. The van der Waals surface area contributed by atoms with E-state index in [1.54, 1.807) is 6.42 Å². The van der Waals surface area contributed by atoms with Crippen molar-refractivity contribution in [1.29, 1.82) is 0 Å². The fraction of sp³-hybridized carbons (Fsp3) is 0.989. The lowest BCUT2D eigenvalue weighted by Crippen LogP contribution is -2.47. The normalized spacial score (nSPS) is 17.1. The van der Waals surface area contributed by atoms with Gasteiger partial charge >= 0.3 is 5.97 Å². The third-order valence-corrected chi connectivity index (χ3v) is 29.9. The zero-order valence-corrected chi connectivity index (χ0v) is 71.8. The van der Waals surface area contributed by atoms with E-state index >= 15 is 0 Å². The van der Waals surface area contributed by atoms with Crippen molar-refractivity contribution in [2.24, 2.45) is 23.7 Å². The van der Waals surface area contributed by atoms with Crippen molar-refractivity contribution in [1.82, 2.24) is 0 Å². The van der Waals surface area contributed by atoms with Crippen LogP contribution < -0.4 is 0 Å². The lowest BCUT2D eigenvalue weighted by molar-refractivity contribution is -0.199. The molecule has 1 N–H and O–H groups in total. The van der Waals surface area contributed by atoms with Crippen LogP contribution in [0.1, 0.15) is 536 Å². The molecule has 1 aliphatic carbocycles. The summed E-state index contributed by atoms with van der Waals surface area (Å²) in [7, 11) is -2.08. The van der Waals surface area contributed by atoms with Gasteiger partial charge in [-0.05, 0) is 87.3 Å². The van der Waals surface area contributed by atoms with Gasteiger partial charge in [0, 0.05) is 6.61 Å². The first-order chi connectivity index (χ1) is 49.4. The van der Waals surface area contributed by atoms with E-state index in [4.69, 9.17) is 13.9 Å². The average Bonchev–Trinajstić information content (AvgIpc) is 1.70. The van der Waals surface area contributed by atoms with Crippen LogP contribution in [0.25, 0.3) is 0 Å². The van der Waals surface area contributed by atoms with Crippen LogP contribution in [0.4, 0.5) is 0 Å². The van der Waals surface area contributed by atoms with Crippen LogP contribution in [0.15, 0.2) is 0 Å². The Morgan fingerprint density at radius 1 is 0.366 bits per heavy atom. The summed E-state index contributed by atoms with van der Waals surface area (Å²) in [6.45, 7) is 19.5. The summed E-state index contributed by atoms with van der Waals surface area (Å²) in [4.78, 5) is 12.8. The van der Waals surface area contributed by atoms with Crippen LogP contribution in [0.5, 0.6) is 0 Å². The fourth-order valence-electron chi connectivity index (χ4n) is 17.0. The Morgan fingerprint density at radius 3 is 0.891 bits per heavy atom. The van der Waals surface area contributed by atoms with Gasteiger partial charge in [-0.3, -0.25) is 4.79 Å². The molecule has 0 aromatic carbocycles. The highest BCUT2D eigenvalue weighted by Gasteiger charge is 2.42. The molecule has 0 bridgehead atoms. The third kappa shape index (κ3) is 61.1. The van der Waals surface area contributed by atoms with E-state index in [0.717, 1.165) is 57.0 Å². The minimum absolute atomic E-state index is 0.0506. The minimum atomic E-state index is -2.08. The van der Waals surface area contributed by atoms with Gasteiger partial charge in [0.2, 0.25) is 0 Å². The van der Waals surface area contributed by atoms with Gasteiger partial charge in [-0.2, -0.15) is 0 Å². The number of carboxylic acid groups (broad SMARTS) is 1. The molecule has 602 valence electrons. The van der Waals surface area contributed by atoms with Gasteiger partial charge in [-0.15, -0.1) is 0 Å². The molecule has 1 saturated carbocycles. The maximum Gasteiger partial charge on any atom is 0.309 e. The Bertz CT molecular complexity index is 1670. The van der Waals surface area contributed by atoms with Gasteiger partial charge in [-0.1, -0.05) is 485 Å². The lowest BCUT2D eigenvalue weighted by atomic mass is 9.91. The van der Waals surface area contributed by atoms with Crippen molar-refractivity contribution in [2.75, 3.05) is 6.61 Å². The Kier molecular flexibility index (Phi) is 68.1. The fourth-order valence-corrected chi connectivity index (χ4v) is 18.4. The van der Waals surface area contributed by atoms with Gasteiger partial charge in [0.05, 0.1) is 18.1 Å². The molecule has 1 heterocycles. The second-order valence-corrected chi connectivity index (χ2v) is 41.0. The van der Waals surface area contributed by atoms with E-state index in [0.29, 0.717) is 12.0 Å². The zero-order chi connectivity index (χ0) is 72.9. The molecule has 0 radical (unpaired) electrons. The van der Waals surface area contributed by atoms with Gasteiger partial charge in [-0.25, -0.2) is 0 Å². The molecule has 0 aromatic rings. The number of unbranched alkanes of at least 4 members (excludes halogenated alkanes) is 63. The smallest absolute Gasteiger partial charge is 0.309 e. The van der Waals surface area contributed by atoms with E-state index in [2.05, 4.69) is 54.6 Å². The molecule has 2 rings (SSSR count). The summed E-state index contributed by atoms with van der Waals surface area (Å²) in [5.74, 6) is 1.80. The minimum Gasteiger partial charge on any atom is -0.481 e. The molecule has 2 aliphatic rings. The Morgan fingerprint density at radius 2 is 0.624 bits per heavy atom. The SMILES string of the molecule is CCCCCCCCCCCCCCCCCCCCCCCCC(C(=O)O)[C@@H](CCCCCCCCCCCCCCC[C@@H]1C[C@@H]1CCCCCCCCCCCCCCCCCC[C@H](O[C@@H]1CCCCO1)[C@@H](C)CCCCCCCCCCCCCCCCCC)O[Si](C)(C)C(C)(C)C. The Balaban J connectivity index is 1.35. The summed E-state index contributed by atoms with van der Waals surface area (Å²) in [5, 5.41) is 10.6. The molecule has 1 aliphatic heterocycles. The molecule has 1 saturated heterocycles. The van der Waals surface area contributed by atoms with E-state index < -0.39 is 14.3 Å². The third-order valence-electron chi connectivity index (χ3n) is 25.4. The quantitative estimate of drug-likeness (QED) is 0.0486. The summed E-state index contributed by atoms with van der Waals surface area (Å²) in [6, 6.07) is 0. The molecule has 0 amide bonds. The van der Waals surface area contributed by atoms with Crippen molar-refractivity contribution < 1.29 is 23.8 Å². The Hall–Kier alpha value is -0.433. The highest BCUT2D eigenvalue weighted by molar-refractivity contribution is 6.74. The highest BCUT2D eigenvalue weighted by Crippen LogP contribution is 2.46. The lowest BCUT2D eigenvalue weighted by Gasteiger charge is -2.41. The number of rotatable bonds is 82. The molecule has 101 heavy (non-hydrogen) atoms. The van der Waals surface area contributed by atoms with Crippen molar-refractivity contribution in [3.63, 3.8) is 0 Å². The van der Waals surface area contributed by atoms with Crippen LogP contribution in [0.2, 0.25) is 18.1 Å². The molecule has 5 nitrogen and oxygen atoms in total. The topological polar surface area (TPSA) is 65.0 Å². The van der Waals surface area contributed by atoms with Gasteiger partial charge in [0.1, 0.15) is 0 Å². The van der Waals surface area contributed by atoms with E-state index in [9.17, 15) is 9.90 Å². The first kappa shape index (κ1) is 96.6. The van der Waals surface area contributed by atoms with Gasteiger partial charge in [0.15, 0.2) is 14.6 Å². The standard InChI is InChI=1S/C95H188O5Si/c1-9-11-13-15-17-19-21-23-25-27-28-29-30-31-32-37-43-49-55-61-67-73-81-90(94(96)97)92(100-101(7,8)95(4,5)6)83-75-69-63-57-51-45-39-42-48-54-60-66-72-80-89-86-88(89)79-71-65-59-53-47-41-36-33-34-38-44-50-56-62-68-74-82-91(99-93-84-76-77-85-98-93)87(3)78-70-64-58-52-46-40-35-26-24-22-20-18-16-14-12-10-2/h87-93H,9-86H2,1-8H3,(H,96,97)/t87-,88-,89+,90?,91-,92+,93+/m0/s1. The number of hydrogen-bond acceptors (Lipinski definition) is 4. The maximum absolute atomic E-state index is 12.8. The summed E-state index contributed by atoms with van der Waals surface area (Å²) in [5.41, 5.74) is 0. The molecule has 0 spiro atoms. The number of carbonyl (C=O) groups is 1. The molecular formula is C95H188O5Si. The molecule has 1 unspecified atom stereocenters. The summed E-state index contributed by atoms with van der Waals surface area (Å²) in [6.07, 6.45) is 107. The largest absolute Gasteiger partial charge is 0.481 e. The van der Waals surface area contributed by atoms with Crippen LogP contribution >= 0.6 is 0 Å². The monoisotopic (exact) mass is 1440 g/mol. The van der Waals surface area contributed by atoms with Crippen molar-refractivity contribution >= 4 is 14.3 Å². The van der Waals surface area contributed by atoms with Gasteiger partial charge < -0.3 is 19.0 Å². The molecular weight excluding hydrogens is 1250 g/mol. The van der Waals surface area contributed by atoms with Crippen molar-refractivity contribution in [3.8, 4) is 0 Å². The first-order valence-corrected chi connectivity index (χ1v) is 50.5. The highest BCUT2D eigenvalue weighted by atomic mass is 28.4. The van der Waals surface area contributed by atoms with Crippen LogP contribution in [0, 0.1) is 23.7 Å². The first-order valence-electron chi connectivity index (χ1n) is 47.6. The van der Waals surface area contributed by atoms with E-state index in [-0.39, 0.29) is 23.4 Å². The average molecular weight is 1440 g/mol. The zero-order valence-electron chi connectivity index (χ0n) is 70.8. The van der Waals surface area contributed by atoms with E-state index in [1.807, 2.05) is 0 Å². The van der Waals surface area contributed by atoms with E-state index in [1.165, 1.54) is 449 Å². The predicted molar refractivity (Wildman–Crippen MR) is 451 cm³/mol. The molecule has 0 aromatic heterocycles. The predicted octanol–water partition coefficient (Wildman–Crippen LogP) is 33.8. The Labute approximate surface area is 637 Å². The molecule has 6 heteroatoms. The van der Waals surface area contributed by atoms with Crippen LogP contribution in [-0.2, 0) is 18.7 Å². The number of aliphatic carboxylic acids is 1. The number of carboxylic acids is 1. The number of hydrogen-bond donors (Lipinski definition) is 1. The molecule has 2 fully saturated rings. The van der Waals surface area contributed by atoms with Crippen molar-refractivity contribution in [3.05, 3.63) is 0 Å². The maximum atomic E-state index is 12.8. The van der Waals surface area contributed by atoms with Crippen LogP contribution in [-0.4, -0.2) is 44.5 Å². The van der Waals surface area contributed by atoms with Crippen LogP contribution in [0.3, 0.4) is 0 Å². The van der Waals surface area contributed by atoms with Gasteiger partial charge in [0.25, 0.3) is 0 Å². The molecule has 7 atom stereocenters. The van der Waals surface area contributed by atoms with Crippen molar-refractivity contribution in [2.45, 2.75) is 573 Å². The summed E-state index contributed by atoms with van der Waals surface area (Å²) < 4.78 is 19.8. The summed E-state index contributed by atoms with van der Waals surface area (Å²) >= 11 is 0.